The van der Waals surface area contributed by atoms with E-state index < -0.39 is 5.97 Å². The molecule has 1 amide bonds. The van der Waals surface area contributed by atoms with Crippen LogP contribution in [0.15, 0.2) is 18.2 Å². The summed E-state index contributed by atoms with van der Waals surface area (Å²) < 4.78 is 0. The molecule has 2 heterocycles. The van der Waals surface area contributed by atoms with Gasteiger partial charge in [-0.3, -0.25) is 9.89 Å². The molecule has 0 fully saturated rings. The zero-order valence-corrected chi connectivity index (χ0v) is 13.2. The van der Waals surface area contributed by atoms with Crippen molar-refractivity contribution in [1.29, 1.82) is 0 Å². The van der Waals surface area contributed by atoms with Crippen molar-refractivity contribution in [3.05, 3.63) is 51.8 Å². The van der Waals surface area contributed by atoms with Crippen molar-refractivity contribution >= 4 is 11.9 Å². The van der Waals surface area contributed by atoms with Crippen molar-refractivity contribution in [2.24, 2.45) is 0 Å². The fourth-order valence-corrected chi connectivity index (χ4v) is 3.09. The Morgan fingerprint density at radius 1 is 1.35 bits per heavy atom. The van der Waals surface area contributed by atoms with Gasteiger partial charge in [-0.05, 0) is 37.5 Å². The fourth-order valence-electron chi connectivity index (χ4n) is 3.09. The lowest BCUT2D eigenvalue weighted by atomic mass is 9.94. The molecule has 0 atom stereocenters. The maximum absolute atomic E-state index is 12.6. The Labute approximate surface area is 134 Å². The zero-order valence-electron chi connectivity index (χ0n) is 13.2. The largest absolute Gasteiger partial charge is 0.478 e. The zero-order chi connectivity index (χ0) is 16.6. The van der Waals surface area contributed by atoms with Gasteiger partial charge < -0.3 is 10.0 Å². The number of aromatic nitrogens is 2. The molecule has 1 aromatic heterocycles. The van der Waals surface area contributed by atoms with E-state index in [1.165, 1.54) is 0 Å². The molecule has 1 aliphatic rings. The van der Waals surface area contributed by atoms with Crippen molar-refractivity contribution in [2.45, 2.75) is 33.2 Å². The number of rotatable bonds is 3. The number of aromatic amines is 1. The van der Waals surface area contributed by atoms with Gasteiger partial charge in [0.2, 0.25) is 5.91 Å². The van der Waals surface area contributed by atoms with Crippen LogP contribution in [0.4, 0.5) is 0 Å². The molecule has 6 nitrogen and oxygen atoms in total. The number of carbonyl (C=O) groups is 2. The summed E-state index contributed by atoms with van der Waals surface area (Å²) in [7, 11) is 0. The van der Waals surface area contributed by atoms with Crippen LogP contribution in [0.25, 0.3) is 0 Å². The first-order valence-electron chi connectivity index (χ1n) is 7.59. The van der Waals surface area contributed by atoms with E-state index in [0.717, 1.165) is 28.1 Å². The normalized spacial score (nSPS) is 13.7. The molecular formula is C17H19N3O3. The monoisotopic (exact) mass is 313 g/mol. The van der Waals surface area contributed by atoms with Crippen molar-refractivity contribution in [1.82, 2.24) is 15.1 Å². The maximum Gasteiger partial charge on any atom is 0.336 e. The van der Waals surface area contributed by atoms with Crippen LogP contribution >= 0.6 is 0 Å². The number of aromatic carboxylic acids is 1. The van der Waals surface area contributed by atoms with Crippen molar-refractivity contribution < 1.29 is 14.7 Å². The van der Waals surface area contributed by atoms with Crippen molar-refractivity contribution in [2.75, 3.05) is 6.54 Å². The van der Waals surface area contributed by atoms with E-state index in [9.17, 15) is 14.7 Å². The van der Waals surface area contributed by atoms with Crippen LogP contribution in [0, 0.1) is 13.8 Å². The summed E-state index contributed by atoms with van der Waals surface area (Å²) in [5, 5.41) is 16.3. The topological polar surface area (TPSA) is 86.3 Å². The molecule has 3 rings (SSSR count). The lowest BCUT2D eigenvalue weighted by molar-refractivity contribution is -0.131. The predicted molar refractivity (Wildman–Crippen MR) is 84.3 cm³/mol. The van der Waals surface area contributed by atoms with E-state index in [2.05, 4.69) is 10.2 Å². The molecule has 2 aromatic rings. The van der Waals surface area contributed by atoms with E-state index >= 15 is 0 Å². The number of benzene rings is 1. The molecular weight excluding hydrogens is 294 g/mol. The lowest BCUT2D eigenvalue weighted by Crippen LogP contribution is -2.37. The Hall–Kier alpha value is -2.63. The number of amides is 1. The Morgan fingerprint density at radius 2 is 2.13 bits per heavy atom. The number of aryl methyl sites for hydroxylation is 2. The molecule has 0 unspecified atom stereocenters. The first kappa shape index (κ1) is 15.3. The van der Waals surface area contributed by atoms with Gasteiger partial charge in [0.15, 0.2) is 0 Å². The van der Waals surface area contributed by atoms with E-state index in [1.807, 2.05) is 19.9 Å². The van der Waals surface area contributed by atoms with Gasteiger partial charge in [0.05, 0.1) is 17.7 Å². The van der Waals surface area contributed by atoms with Crippen molar-refractivity contribution in [3.63, 3.8) is 0 Å². The van der Waals surface area contributed by atoms with E-state index in [0.29, 0.717) is 25.9 Å². The molecule has 1 aliphatic heterocycles. The second-order valence-corrected chi connectivity index (χ2v) is 5.90. The second-order valence-electron chi connectivity index (χ2n) is 5.90. The summed E-state index contributed by atoms with van der Waals surface area (Å²) in [6, 6.07) is 5.30. The minimum atomic E-state index is -0.947. The number of carbonyl (C=O) groups excluding carboxylic acids is 1. The summed E-state index contributed by atoms with van der Waals surface area (Å²) in [6.07, 6.45) is 0.976. The van der Waals surface area contributed by atoms with Crippen LogP contribution < -0.4 is 0 Å². The lowest BCUT2D eigenvalue weighted by Gasteiger charge is -2.30. The average Bonchev–Trinajstić information content (AvgIpc) is 2.85. The Bertz CT molecular complexity index is 760. The fraction of sp³-hybridized carbons (Fsp3) is 0.353. The van der Waals surface area contributed by atoms with Crippen LogP contribution in [0.2, 0.25) is 0 Å². The molecule has 0 spiro atoms. The molecule has 2 N–H and O–H groups in total. The minimum Gasteiger partial charge on any atom is -0.478 e. The van der Waals surface area contributed by atoms with Gasteiger partial charge in [0.25, 0.3) is 0 Å². The van der Waals surface area contributed by atoms with Gasteiger partial charge in [0.1, 0.15) is 0 Å². The molecule has 6 heteroatoms. The highest BCUT2D eigenvalue weighted by Crippen LogP contribution is 2.24. The minimum absolute atomic E-state index is 0.00319. The molecule has 23 heavy (non-hydrogen) atoms. The first-order chi connectivity index (χ1) is 11.0. The van der Waals surface area contributed by atoms with Crippen LogP contribution in [-0.2, 0) is 24.2 Å². The van der Waals surface area contributed by atoms with E-state index in [-0.39, 0.29) is 11.5 Å². The molecule has 0 radical (unpaired) electrons. The van der Waals surface area contributed by atoms with Gasteiger partial charge in [-0.2, -0.15) is 5.10 Å². The molecule has 0 bridgehead atoms. The number of nitrogens with zero attached hydrogens (tertiary/aromatic N) is 2. The summed E-state index contributed by atoms with van der Waals surface area (Å²) in [5.74, 6) is -0.943. The third kappa shape index (κ3) is 2.84. The molecule has 120 valence electrons. The molecule has 0 saturated carbocycles. The number of carboxylic acid groups (broad SMARTS) is 1. The number of hydrogen-bond acceptors (Lipinski definition) is 3. The standard InChI is InChI=1S/C17H19N3O3/c1-10-14(11(2)19-18-10)8-16(21)20-7-6-12-4-3-5-13(17(22)23)15(12)9-20/h3-5H,6-9H2,1-2H3,(H,18,19)(H,22,23). The molecule has 0 saturated heterocycles. The number of fused-ring (bicyclic) bond motifs is 1. The quantitative estimate of drug-likeness (QED) is 0.905. The Balaban J connectivity index is 1.82. The summed E-state index contributed by atoms with van der Waals surface area (Å²) in [6.45, 7) is 4.74. The van der Waals surface area contributed by atoms with Gasteiger partial charge in [-0.25, -0.2) is 4.79 Å². The summed E-state index contributed by atoms with van der Waals surface area (Å²) in [4.78, 5) is 25.7. The average molecular weight is 313 g/mol. The van der Waals surface area contributed by atoms with Crippen LogP contribution in [-0.4, -0.2) is 38.6 Å². The van der Waals surface area contributed by atoms with Gasteiger partial charge in [-0.1, -0.05) is 12.1 Å². The predicted octanol–water partition coefficient (Wildman–Crippen LogP) is 1.85. The highest BCUT2D eigenvalue weighted by molar-refractivity contribution is 5.90. The van der Waals surface area contributed by atoms with Crippen LogP contribution in [0.1, 0.15) is 38.4 Å². The first-order valence-corrected chi connectivity index (χ1v) is 7.59. The number of H-pyrrole nitrogens is 1. The van der Waals surface area contributed by atoms with E-state index in [4.69, 9.17) is 0 Å². The van der Waals surface area contributed by atoms with Crippen LogP contribution in [0.3, 0.4) is 0 Å². The van der Waals surface area contributed by atoms with Gasteiger partial charge in [0, 0.05) is 24.3 Å². The molecule has 0 aliphatic carbocycles. The summed E-state index contributed by atoms with van der Waals surface area (Å²) in [5.41, 5.74) is 4.71. The maximum atomic E-state index is 12.6. The highest BCUT2D eigenvalue weighted by atomic mass is 16.4. The second kappa shape index (κ2) is 5.87. The SMILES string of the molecule is Cc1n[nH]c(C)c1CC(=O)N1CCc2cccc(C(=O)O)c2C1. The van der Waals surface area contributed by atoms with Gasteiger partial charge >= 0.3 is 5.97 Å². The third-order valence-electron chi connectivity index (χ3n) is 4.46. The smallest absolute Gasteiger partial charge is 0.336 e. The third-order valence-corrected chi connectivity index (χ3v) is 4.46. The number of carboxylic acids is 1. The Morgan fingerprint density at radius 3 is 2.78 bits per heavy atom. The highest BCUT2D eigenvalue weighted by Gasteiger charge is 2.25. The summed E-state index contributed by atoms with van der Waals surface area (Å²) >= 11 is 0. The van der Waals surface area contributed by atoms with Crippen LogP contribution in [0.5, 0.6) is 0 Å². The van der Waals surface area contributed by atoms with E-state index in [1.54, 1.807) is 17.0 Å². The number of nitrogens with one attached hydrogen (secondary N) is 1. The van der Waals surface area contributed by atoms with Gasteiger partial charge in [-0.15, -0.1) is 0 Å². The Kier molecular flexibility index (Phi) is 3.90. The molecule has 1 aromatic carbocycles. The number of hydrogen-bond donors (Lipinski definition) is 2. The van der Waals surface area contributed by atoms with Crippen molar-refractivity contribution in [3.8, 4) is 0 Å².